The molecule has 0 aliphatic rings. The van der Waals surface area contributed by atoms with Crippen LogP contribution in [0.3, 0.4) is 0 Å². The van der Waals surface area contributed by atoms with E-state index in [2.05, 4.69) is 17.3 Å². The van der Waals surface area contributed by atoms with E-state index in [9.17, 15) is 4.79 Å². The summed E-state index contributed by atoms with van der Waals surface area (Å²) in [5, 5.41) is 8.60. The molecule has 0 bridgehead atoms. The molecule has 1 N–H and O–H groups in total. The third-order valence-electron chi connectivity index (χ3n) is 3.55. The van der Waals surface area contributed by atoms with Crippen LogP contribution in [0.4, 0.5) is 0 Å². The molecule has 1 aromatic carbocycles. The topological polar surface area (TPSA) is 46.9 Å². The zero-order valence-corrected chi connectivity index (χ0v) is 12.0. The highest BCUT2D eigenvalue weighted by atomic mass is 16.2. The molecule has 1 heterocycles. The van der Waals surface area contributed by atoms with Gasteiger partial charge in [-0.05, 0) is 33.3 Å². The molecule has 0 aliphatic heterocycles. The van der Waals surface area contributed by atoms with Crippen molar-refractivity contribution < 1.29 is 4.79 Å². The van der Waals surface area contributed by atoms with Crippen molar-refractivity contribution in [3.8, 4) is 0 Å². The quantitative estimate of drug-likeness (QED) is 0.917. The monoisotopic (exact) mass is 259 g/mol. The van der Waals surface area contributed by atoms with Crippen LogP contribution in [0.15, 0.2) is 24.3 Å². The summed E-state index contributed by atoms with van der Waals surface area (Å²) in [5.41, 5.74) is 1.96. The molecular weight excluding hydrogens is 238 g/mol. The molecule has 0 saturated carbocycles. The van der Waals surface area contributed by atoms with Gasteiger partial charge in [-0.2, -0.15) is 5.10 Å². The van der Waals surface area contributed by atoms with Crippen molar-refractivity contribution in [2.24, 2.45) is 0 Å². The number of benzene rings is 1. The maximum Gasteiger partial charge on any atom is 0.244 e. The highest BCUT2D eigenvalue weighted by Gasteiger charge is 2.19. The van der Waals surface area contributed by atoms with E-state index in [1.165, 1.54) is 0 Å². The molecular formula is C15H21N3O. The molecule has 1 amide bonds. The second-order valence-corrected chi connectivity index (χ2v) is 5.04. The van der Waals surface area contributed by atoms with Gasteiger partial charge in [-0.25, -0.2) is 0 Å². The summed E-state index contributed by atoms with van der Waals surface area (Å²) in [6, 6.07) is 7.89. The number of rotatable bonds is 4. The first-order chi connectivity index (χ1) is 9.04. The van der Waals surface area contributed by atoms with Crippen LogP contribution in [-0.2, 0) is 4.79 Å². The summed E-state index contributed by atoms with van der Waals surface area (Å²) in [6.07, 6.45) is 0.928. The normalized spacial score (nSPS) is 14.3. The minimum atomic E-state index is -0.299. The Balaban J connectivity index is 2.31. The van der Waals surface area contributed by atoms with Gasteiger partial charge in [0.25, 0.3) is 0 Å². The number of hydrogen-bond donors (Lipinski definition) is 1. The predicted octanol–water partition coefficient (Wildman–Crippen LogP) is 2.82. The molecule has 0 aliphatic carbocycles. The fraction of sp³-hybridized carbons (Fsp3) is 0.467. The number of nitrogens with zero attached hydrogens (tertiary/aromatic N) is 2. The molecule has 102 valence electrons. The van der Waals surface area contributed by atoms with Crippen LogP contribution in [0.2, 0.25) is 0 Å². The molecule has 4 heteroatoms. The van der Waals surface area contributed by atoms with Crippen LogP contribution in [0, 0.1) is 6.92 Å². The fourth-order valence-corrected chi connectivity index (χ4v) is 2.12. The minimum absolute atomic E-state index is 0.0163. The largest absolute Gasteiger partial charge is 0.352 e. The minimum Gasteiger partial charge on any atom is -0.352 e. The smallest absolute Gasteiger partial charge is 0.244 e. The lowest BCUT2D eigenvalue weighted by molar-refractivity contribution is -0.124. The number of aryl methyl sites for hydroxylation is 1. The van der Waals surface area contributed by atoms with Crippen molar-refractivity contribution in [3.63, 3.8) is 0 Å². The lowest BCUT2D eigenvalue weighted by atomic mass is 10.2. The third-order valence-corrected chi connectivity index (χ3v) is 3.55. The van der Waals surface area contributed by atoms with Gasteiger partial charge in [-0.15, -0.1) is 0 Å². The summed E-state index contributed by atoms with van der Waals surface area (Å²) in [4.78, 5) is 12.2. The first-order valence-corrected chi connectivity index (χ1v) is 6.78. The zero-order chi connectivity index (χ0) is 14.0. The van der Waals surface area contributed by atoms with Crippen molar-refractivity contribution in [1.29, 1.82) is 0 Å². The van der Waals surface area contributed by atoms with E-state index < -0.39 is 0 Å². The summed E-state index contributed by atoms with van der Waals surface area (Å²) in [5.74, 6) is 0.0163. The van der Waals surface area contributed by atoms with Gasteiger partial charge in [0.15, 0.2) is 0 Å². The Bertz CT molecular complexity index is 588. The molecule has 0 fully saturated rings. The van der Waals surface area contributed by atoms with E-state index in [0.29, 0.717) is 0 Å². The summed E-state index contributed by atoms with van der Waals surface area (Å²) in [7, 11) is 0. The molecule has 2 rings (SSSR count). The second kappa shape index (κ2) is 5.43. The number of nitrogens with one attached hydrogen (secondary N) is 1. The molecule has 0 unspecified atom stereocenters. The van der Waals surface area contributed by atoms with Crippen molar-refractivity contribution in [3.05, 3.63) is 30.0 Å². The van der Waals surface area contributed by atoms with Crippen LogP contribution in [0.25, 0.3) is 10.9 Å². The number of aromatic nitrogens is 2. The van der Waals surface area contributed by atoms with E-state index >= 15 is 0 Å². The number of hydrogen-bond acceptors (Lipinski definition) is 2. The molecule has 19 heavy (non-hydrogen) atoms. The summed E-state index contributed by atoms with van der Waals surface area (Å²) in [6.45, 7) is 7.93. The van der Waals surface area contributed by atoms with Crippen LogP contribution in [-0.4, -0.2) is 21.7 Å². The molecule has 0 radical (unpaired) electrons. The Labute approximate surface area is 113 Å². The molecule has 2 aromatic rings. The van der Waals surface area contributed by atoms with E-state index in [1.54, 1.807) is 0 Å². The average Bonchev–Trinajstić information content (AvgIpc) is 2.75. The highest BCUT2D eigenvalue weighted by Crippen LogP contribution is 2.21. The molecule has 0 saturated heterocycles. The standard InChI is InChI=1S/C15H21N3O/c1-5-10(2)16-15(19)12(4)18-14-9-7-6-8-13(14)11(3)17-18/h6-10,12H,5H2,1-4H3,(H,16,19)/t10-,12-/m0/s1. The van der Waals surface area contributed by atoms with E-state index in [0.717, 1.165) is 23.0 Å². The number of carbonyl (C=O) groups is 1. The average molecular weight is 259 g/mol. The number of fused-ring (bicyclic) bond motifs is 1. The lowest BCUT2D eigenvalue weighted by Gasteiger charge is -2.17. The Morgan fingerprint density at radius 2 is 2.05 bits per heavy atom. The summed E-state index contributed by atoms with van der Waals surface area (Å²) < 4.78 is 1.81. The van der Waals surface area contributed by atoms with Crippen molar-refractivity contribution in [2.75, 3.05) is 0 Å². The van der Waals surface area contributed by atoms with Gasteiger partial charge in [-0.3, -0.25) is 9.48 Å². The van der Waals surface area contributed by atoms with Crippen LogP contribution in [0.1, 0.15) is 38.9 Å². The van der Waals surface area contributed by atoms with Crippen LogP contribution in [0.5, 0.6) is 0 Å². The van der Waals surface area contributed by atoms with Crippen LogP contribution < -0.4 is 5.32 Å². The zero-order valence-electron chi connectivity index (χ0n) is 12.0. The Morgan fingerprint density at radius 3 is 2.74 bits per heavy atom. The van der Waals surface area contributed by atoms with Gasteiger partial charge >= 0.3 is 0 Å². The number of carbonyl (C=O) groups excluding carboxylic acids is 1. The van der Waals surface area contributed by atoms with Gasteiger partial charge in [0.2, 0.25) is 5.91 Å². The van der Waals surface area contributed by atoms with Gasteiger partial charge in [0.1, 0.15) is 6.04 Å². The fourth-order valence-electron chi connectivity index (χ4n) is 2.12. The van der Waals surface area contributed by atoms with Crippen LogP contribution >= 0.6 is 0 Å². The SMILES string of the molecule is CC[C@H](C)NC(=O)[C@H](C)n1nc(C)c2ccccc21. The van der Waals surface area contributed by atoms with Crippen molar-refractivity contribution in [1.82, 2.24) is 15.1 Å². The highest BCUT2D eigenvalue weighted by molar-refractivity contribution is 5.86. The molecule has 4 nitrogen and oxygen atoms in total. The van der Waals surface area contributed by atoms with E-state index in [4.69, 9.17) is 0 Å². The maximum absolute atomic E-state index is 12.2. The second-order valence-electron chi connectivity index (χ2n) is 5.04. The van der Waals surface area contributed by atoms with Gasteiger partial charge in [0, 0.05) is 11.4 Å². The van der Waals surface area contributed by atoms with E-state index in [-0.39, 0.29) is 18.0 Å². The predicted molar refractivity (Wildman–Crippen MR) is 77.1 cm³/mol. The maximum atomic E-state index is 12.2. The molecule has 2 atom stereocenters. The summed E-state index contributed by atoms with van der Waals surface area (Å²) >= 11 is 0. The van der Waals surface area contributed by atoms with Crippen molar-refractivity contribution >= 4 is 16.8 Å². The molecule has 0 spiro atoms. The van der Waals surface area contributed by atoms with Gasteiger partial charge in [-0.1, -0.05) is 25.1 Å². The number of para-hydroxylation sites is 1. The third kappa shape index (κ3) is 2.62. The van der Waals surface area contributed by atoms with E-state index in [1.807, 2.05) is 49.7 Å². The lowest BCUT2D eigenvalue weighted by Crippen LogP contribution is -2.37. The Morgan fingerprint density at radius 1 is 1.37 bits per heavy atom. The number of amides is 1. The molecule has 1 aromatic heterocycles. The van der Waals surface area contributed by atoms with Crippen molar-refractivity contribution in [2.45, 2.75) is 46.2 Å². The Kier molecular flexibility index (Phi) is 3.88. The van der Waals surface area contributed by atoms with Gasteiger partial charge < -0.3 is 5.32 Å². The first-order valence-electron chi connectivity index (χ1n) is 6.78. The first kappa shape index (κ1) is 13.6. The van der Waals surface area contributed by atoms with Gasteiger partial charge in [0.05, 0.1) is 11.2 Å². The Hall–Kier alpha value is -1.84.